The Balaban J connectivity index is 2.04. The van der Waals surface area contributed by atoms with Gasteiger partial charge < -0.3 is 4.74 Å². The van der Waals surface area contributed by atoms with Crippen LogP contribution in [-0.4, -0.2) is 6.61 Å². The lowest BCUT2D eigenvalue weighted by Gasteiger charge is -2.04. The smallest absolute Gasteiger partial charge is 0.387 e. The number of benzene rings is 1. The maximum absolute atomic E-state index is 11.7. The van der Waals surface area contributed by atoms with Crippen molar-refractivity contribution in [3.05, 3.63) is 29.8 Å². The predicted molar refractivity (Wildman–Crippen MR) is 43.9 cm³/mol. The molecule has 0 aromatic heterocycles. The molecule has 0 bridgehead atoms. The van der Waals surface area contributed by atoms with Crippen LogP contribution >= 0.6 is 0 Å². The van der Waals surface area contributed by atoms with E-state index in [0.29, 0.717) is 5.92 Å². The first-order valence-corrected chi connectivity index (χ1v) is 4.22. The molecule has 1 aromatic carbocycles. The Morgan fingerprint density at radius 1 is 1.38 bits per heavy atom. The van der Waals surface area contributed by atoms with Crippen molar-refractivity contribution in [2.75, 3.05) is 0 Å². The van der Waals surface area contributed by atoms with Gasteiger partial charge in [0.25, 0.3) is 0 Å². The van der Waals surface area contributed by atoms with Gasteiger partial charge in [-0.05, 0) is 36.5 Å². The molecule has 0 atom stereocenters. The van der Waals surface area contributed by atoms with Crippen LogP contribution in [0.25, 0.3) is 0 Å². The zero-order valence-corrected chi connectivity index (χ0v) is 6.97. The van der Waals surface area contributed by atoms with Crippen molar-refractivity contribution in [2.24, 2.45) is 0 Å². The Morgan fingerprint density at radius 2 is 2.15 bits per heavy atom. The Labute approximate surface area is 75.3 Å². The molecule has 0 heterocycles. The quantitative estimate of drug-likeness (QED) is 0.700. The summed E-state index contributed by atoms with van der Waals surface area (Å²) in [6.07, 6.45) is 2.39. The van der Waals surface area contributed by atoms with Crippen LogP contribution in [-0.2, 0) is 0 Å². The SMILES string of the molecule is FC(F)Oc1[c]cc(C2CC2)cc1. The van der Waals surface area contributed by atoms with Gasteiger partial charge in [-0.25, -0.2) is 0 Å². The van der Waals surface area contributed by atoms with Crippen molar-refractivity contribution in [2.45, 2.75) is 25.4 Å². The van der Waals surface area contributed by atoms with Crippen LogP contribution < -0.4 is 4.74 Å². The number of halogens is 2. The molecular weight excluding hydrogens is 174 g/mol. The second-order valence-electron chi connectivity index (χ2n) is 3.14. The summed E-state index contributed by atoms with van der Waals surface area (Å²) < 4.78 is 27.7. The molecule has 1 radical (unpaired) electrons. The van der Waals surface area contributed by atoms with E-state index in [2.05, 4.69) is 10.8 Å². The molecule has 1 fully saturated rings. The molecule has 0 amide bonds. The van der Waals surface area contributed by atoms with Crippen LogP contribution in [0.3, 0.4) is 0 Å². The van der Waals surface area contributed by atoms with E-state index in [-0.39, 0.29) is 5.75 Å². The van der Waals surface area contributed by atoms with Gasteiger partial charge in [-0.1, -0.05) is 6.07 Å². The van der Waals surface area contributed by atoms with Crippen molar-refractivity contribution in [1.82, 2.24) is 0 Å². The highest BCUT2D eigenvalue weighted by atomic mass is 19.3. The lowest BCUT2D eigenvalue weighted by Crippen LogP contribution is -2.01. The van der Waals surface area contributed by atoms with E-state index < -0.39 is 6.61 Å². The standard InChI is InChI=1S/C10H9F2O/c11-10(12)13-9-5-3-8(4-6-9)7-1-2-7/h3-5,7,10H,1-2H2. The van der Waals surface area contributed by atoms with E-state index in [0.717, 1.165) is 0 Å². The lowest BCUT2D eigenvalue weighted by molar-refractivity contribution is -0.0500. The summed E-state index contributed by atoms with van der Waals surface area (Å²) in [5.41, 5.74) is 1.17. The molecule has 1 aromatic rings. The molecule has 1 saturated carbocycles. The molecule has 13 heavy (non-hydrogen) atoms. The molecule has 69 valence electrons. The second-order valence-corrected chi connectivity index (χ2v) is 3.14. The van der Waals surface area contributed by atoms with Crippen LogP contribution in [0, 0.1) is 6.07 Å². The van der Waals surface area contributed by atoms with Gasteiger partial charge >= 0.3 is 6.61 Å². The van der Waals surface area contributed by atoms with Crippen LogP contribution in [0.2, 0.25) is 0 Å². The van der Waals surface area contributed by atoms with Gasteiger partial charge in [0.05, 0.1) is 0 Å². The van der Waals surface area contributed by atoms with Gasteiger partial charge in [-0.3, -0.25) is 0 Å². The van der Waals surface area contributed by atoms with Crippen molar-refractivity contribution < 1.29 is 13.5 Å². The molecule has 2 rings (SSSR count). The molecular formula is C10H9F2O. The highest BCUT2D eigenvalue weighted by molar-refractivity contribution is 5.30. The average molecular weight is 183 g/mol. The number of rotatable bonds is 3. The topological polar surface area (TPSA) is 9.23 Å². The first kappa shape index (κ1) is 8.48. The summed E-state index contributed by atoms with van der Waals surface area (Å²) in [7, 11) is 0. The summed E-state index contributed by atoms with van der Waals surface area (Å²) in [5.74, 6) is 0.733. The first-order valence-electron chi connectivity index (χ1n) is 4.22. The van der Waals surface area contributed by atoms with Crippen LogP contribution in [0.4, 0.5) is 8.78 Å². The highest BCUT2D eigenvalue weighted by Gasteiger charge is 2.23. The first-order chi connectivity index (χ1) is 6.25. The Morgan fingerprint density at radius 3 is 2.62 bits per heavy atom. The summed E-state index contributed by atoms with van der Waals surface area (Å²) in [4.78, 5) is 0. The summed E-state index contributed by atoms with van der Waals surface area (Å²) >= 11 is 0. The fourth-order valence-corrected chi connectivity index (χ4v) is 1.26. The number of hydrogen-bond donors (Lipinski definition) is 0. The molecule has 0 N–H and O–H groups in total. The van der Waals surface area contributed by atoms with Gasteiger partial charge in [0.1, 0.15) is 5.75 Å². The molecule has 0 saturated heterocycles. The Kier molecular flexibility index (Phi) is 2.17. The van der Waals surface area contributed by atoms with Gasteiger partial charge in [0, 0.05) is 6.07 Å². The number of ether oxygens (including phenoxy) is 1. The Hall–Kier alpha value is -1.12. The fourth-order valence-electron chi connectivity index (χ4n) is 1.26. The van der Waals surface area contributed by atoms with E-state index in [9.17, 15) is 8.78 Å². The minimum absolute atomic E-state index is 0.111. The zero-order chi connectivity index (χ0) is 9.26. The summed E-state index contributed by atoms with van der Waals surface area (Å²) in [6, 6.07) is 7.79. The molecule has 1 aliphatic carbocycles. The van der Waals surface area contributed by atoms with E-state index >= 15 is 0 Å². The zero-order valence-electron chi connectivity index (χ0n) is 6.97. The van der Waals surface area contributed by atoms with E-state index in [1.165, 1.54) is 18.4 Å². The van der Waals surface area contributed by atoms with Gasteiger partial charge in [0.15, 0.2) is 0 Å². The van der Waals surface area contributed by atoms with Crippen LogP contribution in [0.15, 0.2) is 18.2 Å². The van der Waals surface area contributed by atoms with E-state index in [1.807, 2.05) is 6.07 Å². The molecule has 0 aliphatic heterocycles. The van der Waals surface area contributed by atoms with Crippen molar-refractivity contribution in [3.8, 4) is 5.75 Å². The molecule has 0 spiro atoms. The van der Waals surface area contributed by atoms with Gasteiger partial charge in [-0.15, -0.1) is 0 Å². The normalized spacial score (nSPS) is 16.2. The maximum atomic E-state index is 11.7. The van der Waals surface area contributed by atoms with E-state index in [1.54, 1.807) is 12.1 Å². The van der Waals surface area contributed by atoms with Crippen molar-refractivity contribution in [3.63, 3.8) is 0 Å². The Bertz CT molecular complexity index is 277. The van der Waals surface area contributed by atoms with Crippen molar-refractivity contribution >= 4 is 0 Å². The maximum Gasteiger partial charge on any atom is 0.387 e. The van der Waals surface area contributed by atoms with Gasteiger partial charge in [-0.2, -0.15) is 8.78 Å². The third-order valence-electron chi connectivity index (χ3n) is 2.07. The van der Waals surface area contributed by atoms with E-state index in [4.69, 9.17) is 0 Å². The molecule has 3 heteroatoms. The summed E-state index contributed by atoms with van der Waals surface area (Å²) in [6.45, 7) is -2.76. The molecule has 0 unspecified atom stereocenters. The monoisotopic (exact) mass is 183 g/mol. The molecule has 1 nitrogen and oxygen atoms in total. The van der Waals surface area contributed by atoms with Crippen molar-refractivity contribution in [1.29, 1.82) is 0 Å². The predicted octanol–water partition coefficient (Wildman–Crippen LogP) is 2.97. The van der Waals surface area contributed by atoms with Gasteiger partial charge in [0.2, 0.25) is 0 Å². The van der Waals surface area contributed by atoms with Crippen LogP contribution in [0.5, 0.6) is 5.75 Å². The third-order valence-corrected chi connectivity index (χ3v) is 2.07. The minimum atomic E-state index is -2.76. The number of alkyl halides is 2. The highest BCUT2D eigenvalue weighted by Crippen LogP contribution is 2.40. The molecule has 1 aliphatic rings. The second kappa shape index (κ2) is 3.32. The van der Waals surface area contributed by atoms with Crippen LogP contribution in [0.1, 0.15) is 24.3 Å². The summed E-state index contributed by atoms with van der Waals surface area (Å²) in [5, 5.41) is 0. The minimum Gasteiger partial charge on any atom is -0.434 e. The average Bonchev–Trinajstić information content (AvgIpc) is 2.87. The number of hydrogen-bond acceptors (Lipinski definition) is 1. The third kappa shape index (κ3) is 2.17. The largest absolute Gasteiger partial charge is 0.434 e. The lowest BCUT2D eigenvalue weighted by atomic mass is 10.1. The fraction of sp³-hybridized carbons (Fsp3) is 0.400.